The molecule has 0 saturated heterocycles. The Morgan fingerprint density at radius 2 is 1.83 bits per heavy atom. The molecule has 0 bridgehead atoms. The van der Waals surface area contributed by atoms with Gasteiger partial charge >= 0.3 is 0 Å². The topological polar surface area (TPSA) is 26.0 Å². The van der Waals surface area contributed by atoms with Crippen LogP contribution in [0.15, 0.2) is 18.2 Å². The van der Waals surface area contributed by atoms with Crippen molar-refractivity contribution < 1.29 is 8.78 Å². The zero-order chi connectivity index (χ0) is 9.14. The van der Waals surface area contributed by atoms with Crippen molar-refractivity contribution in [3.05, 3.63) is 35.4 Å². The van der Waals surface area contributed by atoms with Crippen molar-refractivity contribution in [3.8, 4) is 0 Å². The Bertz CT molecular complexity index is 253. The summed E-state index contributed by atoms with van der Waals surface area (Å²) in [6.45, 7) is 1.79. The monoisotopic (exact) mass is 171 g/mol. The molecule has 0 unspecified atom stereocenters. The van der Waals surface area contributed by atoms with Crippen molar-refractivity contribution in [2.24, 2.45) is 5.73 Å². The zero-order valence-corrected chi connectivity index (χ0v) is 6.85. The SMILES string of the molecule is CC[C@@H](N)c1c(F)cccc1F. The van der Waals surface area contributed by atoms with E-state index in [0.29, 0.717) is 6.42 Å². The predicted octanol–water partition coefficient (Wildman–Crippen LogP) is 2.37. The second kappa shape index (κ2) is 3.63. The molecule has 0 aliphatic carbocycles. The fourth-order valence-electron chi connectivity index (χ4n) is 1.07. The van der Waals surface area contributed by atoms with Gasteiger partial charge in [0, 0.05) is 11.6 Å². The highest BCUT2D eigenvalue weighted by Crippen LogP contribution is 2.20. The van der Waals surface area contributed by atoms with Gasteiger partial charge in [-0.05, 0) is 18.6 Å². The summed E-state index contributed by atoms with van der Waals surface area (Å²) in [5, 5.41) is 0. The highest BCUT2D eigenvalue weighted by atomic mass is 19.1. The van der Waals surface area contributed by atoms with Gasteiger partial charge in [-0.1, -0.05) is 13.0 Å². The van der Waals surface area contributed by atoms with Gasteiger partial charge in [-0.25, -0.2) is 8.78 Å². The minimum absolute atomic E-state index is 0.0139. The second-order valence-electron chi connectivity index (χ2n) is 2.65. The third kappa shape index (κ3) is 1.61. The van der Waals surface area contributed by atoms with Crippen LogP contribution in [0.3, 0.4) is 0 Å². The van der Waals surface area contributed by atoms with Crippen molar-refractivity contribution >= 4 is 0 Å². The van der Waals surface area contributed by atoms with Crippen LogP contribution >= 0.6 is 0 Å². The third-order valence-corrected chi connectivity index (χ3v) is 1.81. The molecule has 0 spiro atoms. The predicted molar refractivity (Wildman–Crippen MR) is 43.6 cm³/mol. The van der Waals surface area contributed by atoms with Crippen LogP contribution in [-0.4, -0.2) is 0 Å². The van der Waals surface area contributed by atoms with Gasteiger partial charge < -0.3 is 5.73 Å². The van der Waals surface area contributed by atoms with Gasteiger partial charge in [-0.15, -0.1) is 0 Å². The van der Waals surface area contributed by atoms with Crippen LogP contribution < -0.4 is 5.73 Å². The molecule has 3 heteroatoms. The van der Waals surface area contributed by atoms with E-state index in [1.807, 2.05) is 0 Å². The Morgan fingerprint density at radius 1 is 1.33 bits per heavy atom. The van der Waals surface area contributed by atoms with E-state index in [-0.39, 0.29) is 5.56 Å². The summed E-state index contributed by atoms with van der Waals surface area (Å²) in [5.74, 6) is -1.13. The maximum Gasteiger partial charge on any atom is 0.130 e. The molecule has 0 heterocycles. The molecule has 66 valence electrons. The number of halogens is 2. The van der Waals surface area contributed by atoms with E-state index in [1.165, 1.54) is 18.2 Å². The largest absolute Gasteiger partial charge is 0.324 e. The van der Waals surface area contributed by atoms with E-state index in [1.54, 1.807) is 6.92 Å². The first-order valence-electron chi connectivity index (χ1n) is 3.86. The number of hydrogen-bond acceptors (Lipinski definition) is 1. The lowest BCUT2D eigenvalue weighted by molar-refractivity contribution is 0.520. The summed E-state index contributed by atoms with van der Waals surface area (Å²) in [6, 6.07) is 3.21. The van der Waals surface area contributed by atoms with E-state index in [0.717, 1.165) is 0 Å². The van der Waals surface area contributed by atoms with Crippen LogP contribution in [0.4, 0.5) is 8.78 Å². The first kappa shape index (κ1) is 9.13. The van der Waals surface area contributed by atoms with Crippen molar-refractivity contribution in [2.45, 2.75) is 19.4 Å². The summed E-state index contributed by atoms with van der Waals surface area (Å²) in [6.07, 6.45) is 0.526. The number of nitrogens with two attached hydrogens (primary N) is 1. The maximum absolute atomic E-state index is 13.0. The molecule has 1 aromatic rings. The van der Waals surface area contributed by atoms with Gasteiger partial charge in [-0.2, -0.15) is 0 Å². The maximum atomic E-state index is 13.0. The molecule has 1 aromatic carbocycles. The molecule has 1 rings (SSSR count). The highest BCUT2D eigenvalue weighted by Gasteiger charge is 2.13. The van der Waals surface area contributed by atoms with Crippen molar-refractivity contribution in [3.63, 3.8) is 0 Å². The summed E-state index contributed by atoms with van der Waals surface area (Å²) in [5.41, 5.74) is 5.50. The number of benzene rings is 1. The minimum Gasteiger partial charge on any atom is -0.324 e. The van der Waals surface area contributed by atoms with Crippen LogP contribution in [-0.2, 0) is 0 Å². The van der Waals surface area contributed by atoms with E-state index in [2.05, 4.69) is 0 Å². The molecular weight excluding hydrogens is 160 g/mol. The Labute approximate surface area is 70.2 Å². The van der Waals surface area contributed by atoms with Gasteiger partial charge in [0.15, 0.2) is 0 Å². The van der Waals surface area contributed by atoms with Gasteiger partial charge in [0.1, 0.15) is 11.6 Å². The Hall–Kier alpha value is -0.960. The van der Waals surface area contributed by atoms with E-state index < -0.39 is 17.7 Å². The normalized spacial score (nSPS) is 13.0. The smallest absolute Gasteiger partial charge is 0.130 e. The molecule has 1 atom stereocenters. The highest BCUT2D eigenvalue weighted by molar-refractivity contribution is 5.22. The van der Waals surface area contributed by atoms with Gasteiger partial charge in [0.05, 0.1) is 0 Å². The molecule has 1 nitrogen and oxygen atoms in total. The lowest BCUT2D eigenvalue weighted by Gasteiger charge is -2.10. The van der Waals surface area contributed by atoms with E-state index >= 15 is 0 Å². The van der Waals surface area contributed by atoms with Crippen LogP contribution in [0, 0.1) is 11.6 Å². The van der Waals surface area contributed by atoms with Crippen LogP contribution in [0.2, 0.25) is 0 Å². The van der Waals surface area contributed by atoms with Gasteiger partial charge in [-0.3, -0.25) is 0 Å². The van der Waals surface area contributed by atoms with E-state index in [4.69, 9.17) is 5.73 Å². The van der Waals surface area contributed by atoms with Gasteiger partial charge in [0.2, 0.25) is 0 Å². The molecule has 0 saturated carbocycles. The minimum atomic E-state index is -0.565. The fourth-order valence-corrected chi connectivity index (χ4v) is 1.07. The molecule has 0 amide bonds. The number of rotatable bonds is 2. The molecule has 12 heavy (non-hydrogen) atoms. The standard InChI is InChI=1S/C9H11F2N/c1-2-8(12)9-6(10)4-3-5-7(9)11/h3-5,8H,2,12H2,1H3/t8-/m1/s1. The first-order valence-corrected chi connectivity index (χ1v) is 3.86. The Morgan fingerprint density at radius 3 is 2.25 bits per heavy atom. The third-order valence-electron chi connectivity index (χ3n) is 1.81. The average molecular weight is 171 g/mol. The molecule has 0 aromatic heterocycles. The molecule has 0 radical (unpaired) electrons. The molecule has 0 aliphatic rings. The molecule has 2 N–H and O–H groups in total. The van der Waals surface area contributed by atoms with Crippen molar-refractivity contribution in [1.29, 1.82) is 0 Å². The number of hydrogen-bond donors (Lipinski definition) is 1. The zero-order valence-electron chi connectivity index (χ0n) is 6.85. The fraction of sp³-hybridized carbons (Fsp3) is 0.333. The second-order valence-corrected chi connectivity index (χ2v) is 2.65. The Balaban J connectivity index is 3.12. The average Bonchev–Trinajstić information content (AvgIpc) is 2.03. The Kier molecular flexibility index (Phi) is 2.76. The van der Waals surface area contributed by atoms with Crippen molar-refractivity contribution in [1.82, 2.24) is 0 Å². The lowest BCUT2D eigenvalue weighted by atomic mass is 10.0. The summed E-state index contributed by atoms with van der Waals surface area (Å²) in [7, 11) is 0. The van der Waals surface area contributed by atoms with Crippen LogP contribution in [0.5, 0.6) is 0 Å². The summed E-state index contributed by atoms with van der Waals surface area (Å²) in [4.78, 5) is 0. The molecule has 0 aliphatic heterocycles. The van der Waals surface area contributed by atoms with E-state index in [9.17, 15) is 8.78 Å². The summed E-state index contributed by atoms with van der Waals surface area (Å²) >= 11 is 0. The molecule has 0 fully saturated rings. The first-order chi connectivity index (χ1) is 5.66. The van der Waals surface area contributed by atoms with Crippen LogP contribution in [0.1, 0.15) is 24.9 Å². The molecular formula is C9H11F2N. The van der Waals surface area contributed by atoms with Crippen molar-refractivity contribution in [2.75, 3.05) is 0 Å². The van der Waals surface area contributed by atoms with Crippen LogP contribution in [0.25, 0.3) is 0 Å². The van der Waals surface area contributed by atoms with Gasteiger partial charge in [0.25, 0.3) is 0 Å². The summed E-state index contributed by atoms with van der Waals surface area (Å²) < 4.78 is 25.9. The quantitative estimate of drug-likeness (QED) is 0.726. The lowest BCUT2D eigenvalue weighted by Crippen LogP contribution is -2.12.